The van der Waals surface area contributed by atoms with Crippen LogP contribution in [0.2, 0.25) is 0 Å². The number of likely N-dealkylation sites (tertiary alicyclic amines) is 1. The molecule has 0 saturated carbocycles. The molecule has 1 atom stereocenters. The van der Waals surface area contributed by atoms with Gasteiger partial charge in [0.15, 0.2) is 0 Å². The van der Waals surface area contributed by atoms with Gasteiger partial charge < -0.3 is 14.8 Å². The molecule has 0 aromatic carbocycles. The van der Waals surface area contributed by atoms with Gasteiger partial charge in [-0.15, -0.1) is 0 Å². The maximum atomic E-state index is 12.5. The average Bonchev–Trinajstić information content (AvgIpc) is 3.16. The second kappa shape index (κ2) is 6.03. The third-order valence-corrected chi connectivity index (χ3v) is 4.00. The molecule has 0 aliphatic carbocycles. The van der Waals surface area contributed by atoms with Gasteiger partial charge in [-0.3, -0.25) is 5.10 Å². The van der Waals surface area contributed by atoms with E-state index in [1.807, 2.05) is 47.4 Å². The largest absolute Gasteiger partial charge is 0.357 e. The molecule has 2 aromatic rings. The van der Waals surface area contributed by atoms with Crippen LogP contribution in [0.4, 0.5) is 4.79 Å². The van der Waals surface area contributed by atoms with E-state index >= 15 is 0 Å². The van der Waals surface area contributed by atoms with E-state index in [0.29, 0.717) is 6.54 Å². The molecular formula is C15H21N5O. The zero-order chi connectivity index (χ0) is 14.7. The van der Waals surface area contributed by atoms with Gasteiger partial charge in [-0.2, -0.15) is 5.10 Å². The third-order valence-electron chi connectivity index (χ3n) is 4.00. The van der Waals surface area contributed by atoms with E-state index in [2.05, 4.69) is 15.5 Å². The molecule has 0 bridgehead atoms. The van der Waals surface area contributed by atoms with Crippen LogP contribution in [0, 0.1) is 0 Å². The summed E-state index contributed by atoms with van der Waals surface area (Å²) in [6.07, 6.45) is 10.9. The second-order valence-electron chi connectivity index (χ2n) is 5.58. The number of amides is 2. The van der Waals surface area contributed by atoms with Crippen LogP contribution in [0.1, 0.15) is 36.4 Å². The molecule has 1 fully saturated rings. The minimum absolute atomic E-state index is 0.00440. The number of H-pyrrole nitrogens is 1. The van der Waals surface area contributed by atoms with Crippen molar-refractivity contribution in [3.63, 3.8) is 0 Å². The Balaban J connectivity index is 1.64. The summed E-state index contributed by atoms with van der Waals surface area (Å²) in [5, 5.41) is 9.85. The molecule has 1 unspecified atom stereocenters. The molecule has 1 saturated heterocycles. The highest BCUT2D eigenvalue weighted by Crippen LogP contribution is 2.30. The van der Waals surface area contributed by atoms with Gasteiger partial charge in [-0.05, 0) is 30.9 Å². The number of urea groups is 1. The van der Waals surface area contributed by atoms with E-state index in [4.69, 9.17) is 0 Å². The van der Waals surface area contributed by atoms with E-state index in [1.54, 1.807) is 0 Å². The summed E-state index contributed by atoms with van der Waals surface area (Å²) in [7, 11) is 1.98. The fourth-order valence-electron chi connectivity index (χ4n) is 2.91. The SMILES string of the molecule is Cn1ccc(CNC(=O)N2CCCCC2c2cn[nH]c2)c1. The molecule has 1 aliphatic heterocycles. The van der Waals surface area contributed by atoms with Gasteiger partial charge in [0.1, 0.15) is 0 Å². The maximum Gasteiger partial charge on any atom is 0.318 e. The number of hydrogen-bond acceptors (Lipinski definition) is 2. The number of carbonyl (C=O) groups is 1. The predicted octanol–water partition coefficient (Wildman–Crippen LogP) is 2.18. The number of rotatable bonds is 3. The number of nitrogens with zero attached hydrogens (tertiary/aromatic N) is 3. The van der Waals surface area contributed by atoms with Crippen molar-refractivity contribution in [3.05, 3.63) is 42.0 Å². The van der Waals surface area contributed by atoms with E-state index in [1.165, 1.54) is 0 Å². The van der Waals surface area contributed by atoms with Crippen LogP contribution in [0.3, 0.4) is 0 Å². The Morgan fingerprint density at radius 2 is 2.43 bits per heavy atom. The summed E-state index contributed by atoms with van der Waals surface area (Å²) in [5.41, 5.74) is 2.20. The van der Waals surface area contributed by atoms with Crippen molar-refractivity contribution in [1.29, 1.82) is 0 Å². The highest BCUT2D eigenvalue weighted by Gasteiger charge is 2.28. The Morgan fingerprint density at radius 3 is 3.14 bits per heavy atom. The standard InChI is InChI=1S/C15H21N5O/c1-19-7-5-12(11-19)8-16-15(21)20-6-3-2-4-14(20)13-9-17-18-10-13/h5,7,9-11,14H,2-4,6,8H2,1H3,(H,16,21)(H,17,18). The highest BCUT2D eigenvalue weighted by atomic mass is 16.2. The van der Waals surface area contributed by atoms with Gasteiger partial charge >= 0.3 is 6.03 Å². The van der Waals surface area contributed by atoms with Crippen LogP contribution in [-0.4, -0.2) is 32.2 Å². The zero-order valence-corrected chi connectivity index (χ0v) is 12.2. The molecule has 0 spiro atoms. The molecule has 2 amide bonds. The number of hydrogen-bond donors (Lipinski definition) is 2. The van der Waals surface area contributed by atoms with Gasteiger partial charge in [-0.1, -0.05) is 0 Å². The normalized spacial score (nSPS) is 18.7. The summed E-state index contributed by atoms with van der Waals surface area (Å²) < 4.78 is 1.98. The summed E-state index contributed by atoms with van der Waals surface area (Å²) in [5.74, 6) is 0. The molecule has 2 N–H and O–H groups in total. The Bertz CT molecular complexity index is 589. The molecule has 3 heterocycles. The lowest BCUT2D eigenvalue weighted by atomic mass is 9.98. The van der Waals surface area contributed by atoms with Gasteiger partial charge in [0.25, 0.3) is 0 Å². The second-order valence-corrected chi connectivity index (χ2v) is 5.58. The van der Waals surface area contributed by atoms with Crippen molar-refractivity contribution in [2.45, 2.75) is 31.8 Å². The first-order valence-corrected chi connectivity index (χ1v) is 7.38. The molecule has 2 aromatic heterocycles. The Labute approximate surface area is 124 Å². The van der Waals surface area contributed by atoms with Crippen LogP contribution in [0.5, 0.6) is 0 Å². The fraction of sp³-hybridized carbons (Fsp3) is 0.467. The maximum absolute atomic E-state index is 12.5. The molecule has 6 nitrogen and oxygen atoms in total. The fourth-order valence-corrected chi connectivity index (χ4v) is 2.91. The van der Waals surface area contributed by atoms with Crippen LogP contribution < -0.4 is 5.32 Å². The quantitative estimate of drug-likeness (QED) is 0.908. The number of nitrogens with one attached hydrogen (secondary N) is 2. The van der Waals surface area contributed by atoms with E-state index < -0.39 is 0 Å². The molecule has 0 radical (unpaired) electrons. The Hall–Kier alpha value is -2.24. The smallest absolute Gasteiger partial charge is 0.318 e. The van der Waals surface area contributed by atoms with Crippen molar-refractivity contribution in [1.82, 2.24) is 25.0 Å². The number of aromatic nitrogens is 3. The Kier molecular flexibility index (Phi) is 3.94. The molecule has 21 heavy (non-hydrogen) atoms. The first kappa shape index (κ1) is 13.7. The molecule has 112 valence electrons. The lowest BCUT2D eigenvalue weighted by molar-refractivity contribution is 0.151. The lowest BCUT2D eigenvalue weighted by Gasteiger charge is -2.35. The van der Waals surface area contributed by atoms with Crippen LogP contribution in [0.15, 0.2) is 30.9 Å². The molecule has 1 aliphatic rings. The van der Waals surface area contributed by atoms with E-state index in [-0.39, 0.29) is 12.1 Å². The summed E-state index contributed by atoms with van der Waals surface area (Å²) >= 11 is 0. The third kappa shape index (κ3) is 3.09. The minimum atomic E-state index is 0.00440. The van der Waals surface area contributed by atoms with Gasteiger partial charge in [0.2, 0.25) is 0 Å². The first-order valence-electron chi connectivity index (χ1n) is 7.38. The first-order chi connectivity index (χ1) is 10.2. The minimum Gasteiger partial charge on any atom is -0.357 e. The number of piperidine rings is 1. The van der Waals surface area contributed by atoms with Crippen molar-refractivity contribution < 1.29 is 4.79 Å². The molecule has 6 heteroatoms. The average molecular weight is 287 g/mol. The lowest BCUT2D eigenvalue weighted by Crippen LogP contribution is -2.44. The predicted molar refractivity (Wildman–Crippen MR) is 79.5 cm³/mol. The Morgan fingerprint density at radius 1 is 1.52 bits per heavy atom. The van der Waals surface area contributed by atoms with Crippen LogP contribution in [0.25, 0.3) is 0 Å². The summed E-state index contributed by atoms with van der Waals surface area (Å²) in [6.45, 7) is 1.37. The van der Waals surface area contributed by atoms with Crippen molar-refractivity contribution in [3.8, 4) is 0 Å². The highest BCUT2D eigenvalue weighted by molar-refractivity contribution is 5.74. The zero-order valence-electron chi connectivity index (χ0n) is 12.2. The van der Waals surface area contributed by atoms with Gasteiger partial charge in [-0.25, -0.2) is 4.79 Å². The van der Waals surface area contributed by atoms with Gasteiger partial charge in [0.05, 0.1) is 12.2 Å². The topological polar surface area (TPSA) is 66.0 Å². The number of carbonyl (C=O) groups excluding carboxylic acids is 1. The van der Waals surface area contributed by atoms with E-state index in [0.717, 1.165) is 36.9 Å². The van der Waals surface area contributed by atoms with Gasteiger partial charge in [0, 0.05) is 44.3 Å². The van der Waals surface area contributed by atoms with Crippen LogP contribution >= 0.6 is 0 Å². The molecular weight excluding hydrogens is 266 g/mol. The monoisotopic (exact) mass is 287 g/mol. The summed E-state index contributed by atoms with van der Waals surface area (Å²) in [4.78, 5) is 14.4. The van der Waals surface area contributed by atoms with Crippen molar-refractivity contribution in [2.75, 3.05) is 6.54 Å². The van der Waals surface area contributed by atoms with Crippen molar-refractivity contribution >= 4 is 6.03 Å². The number of aryl methyl sites for hydroxylation is 1. The van der Waals surface area contributed by atoms with Crippen LogP contribution in [-0.2, 0) is 13.6 Å². The number of aromatic amines is 1. The summed E-state index contributed by atoms with van der Waals surface area (Å²) in [6, 6.07) is 2.15. The molecule has 3 rings (SSSR count). The van der Waals surface area contributed by atoms with Crippen molar-refractivity contribution in [2.24, 2.45) is 7.05 Å². The van der Waals surface area contributed by atoms with E-state index in [9.17, 15) is 4.79 Å².